The van der Waals surface area contributed by atoms with Crippen molar-refractivity contribution in [3.8, 4) is 0 Å². The fourth-order valence-electron chi connectivity index (χ4n) is 2.02. The topological polar surface area (TPSA) is 63.6 Å². The van der Waals surface area contributed by atoms with E-state index in [1.807, 2.05) is 20.8 Å². The van der Waals surface area contributed by atoms with Crippen molar-refractivity contribution >= 4 is 11.9 Å². The van der Waals surface area contributed by atoms with Crippen LogP contribution in [0.3, 0.4) is 0 Å². The molecule has 0 heterocycles. The molecule has 1 aromatic carbocycles. The Morgan fingerprint density at radius 1 is 1.30 bits per heavy atom. The first-order valence-electron chi connectivity index (χ1n) is 6.99. The number of carboxylic acid groups (broad SMARTS) is 1. The van der Waals surface area contributed by atoms with Gasteiger partial charge in [-0.05, 0) is 30.4 Å². The lowest BCUT2D eigenvalue weighted by Crippen LogP contribution is -2.15. The van der Waals surface area contributed by atoms with E-state index in [4.69, 9.17) is 4.74 Å². The summed E-state index contributed by atoms with van der Waals surface area (Å²) in [5.74, 6) is -1.32. The quantitative estimate of drug-likeness (QED) is 0.612. The number of hydrogen-bond donors (Lipinski definition) is 1. The van der Waals surface area contributed by atoms with Crippen LogP contribution < -0.4 is 0 Å². The van der Waals surface area contributed by atoms with Crippen molar-refractivity contribution in [2.24, 2.45) is 5.92 Å². The summed E-state index contributed by atoms with van der Waals surface area (Å²) in [4.78, 5) is 23.4. The molecule has 4 nitrogen and oxygen atoms in total. The first-order chi connectivity index (χ1) is 9.47. The minimum atomic E-state index is -1.08. The molecule has 0 radical (unpaired) electrons. The number of carbonyl (C=O) groups excluding carboxylic acids is 1. The van der Waals surface area contributed by atoms with Gasteiger partial charge in [0.1, 0.15) is 0 Å². The molecule has 0 aliphatic rings. The fourth-order valence-corrected chi connectivity index (χ4v) is 2.02. The van der Waals surface area contributed by atoms with E-state index in [9.17, 15) is 14.7 Å². The molecule has 0 fully saturated rings. The minimum Gasteiger partial charge on any atom is -0.478 e. The van der Waals surface area contributed by atoms with E-state index in [-0.39, 0.29) is 11.1 Å². The van der Waals surface area contributed by atoms with Crippen LogP contribution in [-0.4, -0.2) is 23.7 Å². The fraction of sp³-hybridized carbons (Fsp3) is 0.500. The van der Waals surface area contributed by atoms with Gasteiger partial charge in [-0.1, -0.05) is 39.3 Å². The summed E-state index contributed by atoms with van der Waals surface area (Å²) in [6, 6.07) is 4.98. The molecule has 0 saturated heterocycles. The molecule has 4 heteroatoms. The lowest BCUT2D eigenvalue weighted by Gasteiger charge is -2.12. The number of benzene rings is 1. The van der Waals surface area contributed by atoms with E-state index in [1.54, 1.807) is 12.1 Å². The van der Waals surface area contributed by atoms with Crippen molar-refractivity contribution in [2.75, 3.05) is 6.61 Å². The Labute approximate surface area is 119 Å². The van der Waals surface area contributed by atoms with Crippen LogP contribution >= 0.6 is 0 Å². The van der Waals surface area contributed by atoms with E-state index in [0.717, 1.165) is 12.8 Å². The van der Waals surface area contributed by atoms with E-state index < -0.39 is 11.9 Å². The second-order valence-corrected chi connectivity index (χ2v) is 5.23. The smallest absolute Gasteiger partial charge is 0.339 e. The third-order valence-corrected chi connectivity index (χ3v) is 2.94. The summed E-state index contributed by atoms with van der Waals surface area (Å²) in [5.41, 5.74) is 0.895. The molecular formula is C16H22O4. The SMILES string of the molecule is CCCCOC(=O)c1cccc(CC(C)C)c1C(=O)O. The minimum absolute atomic E-state index is 0.0719. The van der Waals surface area contributed by atoms with Crippen molar-refractivity contribution in [1.82, 2.24) is 0 Å². The monoisotopic (exact) mass is 278 g/mol. The summed E-state index contributed by atoms with van der Waals surface area (Å²) >= 11 is 0. The van der Waals surface area contributed by atoms with Gasteiger partial charge in [0.05, 0.1) is 17.7 Å². The van der Waals surface area contributed by atoms with Crippen LogP contribution in [0.15, 0.2) is 18.2 Å². The van der Waals surface area contributed by atoms with Crippen LogP contribution in [0.4, 0.5) is 0 Å². The number of rotatable bonds is 7. The van der Waals surface area contributed by atoms with Crippen molar-refractivity contribution in [1.29, 1.82) is 0 Å². The third-order valence-electron chi connectivity index (χ3n) is 2.94. The van der Waals surface area contributed by atoms with E-state index in [0.29, 0.717) is 24.5 Å². The molecule has 0 amide bonds. The van der Waals surface area contributed by atoms with Crippen LogP contribution in [0.1, 0.15) is 59.9 Å². The summed E-state index contributed by atoms with van der Waals surface area (Å²) in [6.07, 6.45) is 2.32. The van der Waals surface area contributed by atoms with Crippen molar-refractivity contribution in [2.45, 2.75) is 40.0 Å². The van der Waals surface area contributed by atoms with Gasteiger partial charge in [0.2, 0.25) is 0 Å². The highest BCUT2D eigenvalue weighted by molar-refractivity contribution is 6.03. The zero-order chi connectivity index (χ0) is 15.1. The molecular weight excluding hydrogens is 256 g/mol. The number of esters is 1. The maximum absolute atomic E-state index is 12.0. The molecule has 20 heavy (non-hydrogen) atoms. The standard InChI is InChI=1S/C16H22O4/c1-4-5-9-20-16(19)13-8-6-7-12(10-11(2)3)14(13)15(17)18/h6-8,11H,4-5,9-10H2,1-3H3,(H,17,18). The Hall–Kier alpha value is -1.84. The van der Waals surface area contributed by atoms with Gasteiger partial charge in [0, 0.05) is 0 Å². The second-order valence-electron chi connectivity index (χ2n) is 5.23. The molecule has 0 unspecified atom stereocenters. The van der Waals surface area contributed by atoms with E-state index >= 15 is 0 Å². The van der Waals surface area contributed by atoms with Gasteiger partial charge in [-0.3, -0.25) is 0 Å². The number of aromatic carboxylic acids is 1. The normalized spacial score (nSPS) is 10.6. The maximum Gasteiger partial charge on any atom is 0.339 e. The van der Waals surface area contributed by atoms with Crippen molar-refractivity contribution in [3.63, 3.8) is 0 Å². The van der Waals surface area contributed by atoms with E-state index in [1.165, 1.54) is 6.07 Å². The number of unbranched alkanes of at least 4 members (excludes halogenated alkanes) is 1. The van der Waals surface area contributed by atoms with Gasteiger partial charge in [-0.2, -0.15) is 0 Å². The van der Waals surface area contributed by atoms with Gasteiger partial charge >= 0.3 is 11.9 Å². The molecule has 0 saturated carbocycles. The molecule has 0 atom stereocenters. The molecule has 110 valence electrons. The number of carbonyl (C=O) groups is 2. The van der Waals surface area contributed by atoms with Crippen molar-refractivity contribution in [3.05, 3.63) is 34.9 Å². The van der Waals surface area contributed by atoms with Gasteiger partial charge in [-0.25, -0.2) is 9.59 Å². The Balaban J connectivity index is 3.06. The van der Waals surface area contributed by atoms with Gasteiger partial charge in [-0.15, -0.1) is 0 Å². The summed E-state index contributed by atoms with van der Waals surface area (Å²) in [7, 11) is 0. The zero-order valence-electron chi connectivity index (χ0n) is 12.3. The Bertz CT molecular complexity index is 477. The average Bonchev–Trinajstić information content (AvgIpc) is 2.37. The average molecular weight is 278 g/mol. The lowest BCUT2D eigenvalue weighted by atomic mass is 9.94. The highest BCUT2D eigenvalue weighted by Crippen LogP contribution is 2.19. The predicted octanol–water partition coefficient (Wildman–Crippen LogP) is 3.54. The van der Waals surface area contributed by atoms with Crippen LogP contribution in [0.5, 0.6) is 0 Å². The van der Waals surface area contributed by atoms with Gasteiger partial charge in [0.25, 0.3) is 0 Å². The molecule has 0 aliphatic heterocycles. The van der Waals surface area contributed by atoms with Crippen LogP contribution in [0.2, 0.25) is 0 Å². The Morgan fingerprint density at radius 3 is 2.55 bits per heavy atom. The molecule has 1 N–H and O–H groups in total. The number of hydrogen-bond acceptors (Lipinski definition) is 3. The molecule has 0 aliphatic carbocycles. The second kappa shape index (κ2) is 7.68. The first-order valence-corrected chi connectivity index (χ1v) is 6.99. The van der Waals surface area contributed by atoms with E-state index in [2.05, 4.69) is 0 Å². The third kappa shape index (κ3) is 4.37. The largest absolute Gasteiger partial charge is 0.478 e. The molecule has 0 bridgehead atoms. The van der Waals surface area contributed by atoms with Crippen LogP contribution in [0.25, 0.3) is 0 Å². The van der Waals surface area contributed by atoms with Gasteiger partial charge in [0.15, 0.2) is 0 Å². The maximum atomic E-state index is 12.0. The molecule has 0 aromatic heterocycles. The highest BCUT2D eigenvalue weighted by Gasteiger charge is 2.21. The Kier molecular flexibility index (Phi) is 6.22. The number of carboxylic acids is 1. The van der Waals surface area contributed by atoms with Crippen molar-refractivity contribution < 1.29 is 19.4 Å². The number of ether oxygens (including phenoxy) is 1. The zero-order valence-corrected chi connectivity index (χ0v) is 12.3. The predicted molar refractivity (Wildman–Crippen MR) is 77.1 cm³/mol. The van der Waals surface area contributed by atoms with Crippen LogP contribution in [-0.2, 0) is 11.2 Å². The molecule has 1 rings (SSSR count). The highest BCUT2D eigenvalue weighted by atomic mass is 16.5. The van der Waals surface area contributed by atoms with Crippen LogP contribution in [0, 0.1) is 5.92 Å². The summed E-state index contributed by atoms with van der Waals surface area (Å²) < 4.78 is 5.12. The Morgan fingerprint density at radius 2 is 2.00 bits per heavy atom. The summed E-state index contributed by atoms with van der Waals surface area (Å²) in [5, 5.41) is 9.37. The lowest BCUT2D eigenvalue weighted by molar-refractivity contribution is 0.0489. The van der Waals surface area contributed by atoms with Gasteiger partial charge < -0.3 is 9.84 Å². The summed E-state index contributed by atoms with van der Waals surface area (Å²) in [6.45, 7) is 6.35. The molecule has 0 spiro atoms. The molecule has 1 aromatic rings. The first kappa shape index (κ1) is 16.2.